The van der Waals surface area contributed by atoms with Crippen molar-refractivity contribution in [3.8, 4) is 5.75 Å². The standard InChI is InChI=1S/C22H25O7P/c1-26-22(21(28-29-22)18-7-13-6-14(9-18)10-19(21)8-13)17-4-2-15-3-5-20(12-16(15)11-17)27-30(23,24)25/h2-5,11-14,18-19H,6-10H2,1H3,(H2,23,24,25). The monoisotopic (exact) mass is 432 g/mol. The molecule has 1 spiro atoms. The number of rotatable bonds is 4. The van der Waals surface area contributed by atoms with Crippen molar-refractivity contribution in [1.29, 1.82) is 0 Å². The number of phosphoric acid groups is 1. The van der Waals surface area contributed by atoms with Crippen molar-refractivity contribution in [2.75, 3.05) is 7.11 Å². The maximum atomic E-state index is 11.2. The van der Waals surface area contributed by atoms with Crippen LogP contribution >= 0.6 is 7.82 Å². The number of fused-ring (bicyclic) bond motifs is 1. The topological polar surface area (TPSA) is 94.5 Å². The van der Waals surface area contributed by atoms with Gasteiger partial charge in [0.05, 0.1) is 0 Å². The van der Waals surface area contributed by atoms with Crippen molar-refractivity contribution >= 4 is 18.6 Å². The molecule has 2 aromatic rings. The third kappa shape index (κ3) is 2.54. The van der Waals surface area contributed by atoms with Gasteiger partial charge in [-0.3, -0.25) is 9.79 Å². The van der Waals surface area contributed by atoms with E-state index in [-0.39, 0.29) is 5.75 Å². The van der Waals surface area contributed by atoms with E-state index in [4.69, 9.17) is 28.8 Å². The van der Waals surface area contributed by atoms with Crippen LogP contribution in [0.3, 0.4) is 0 Å². The lowest BCUT2D eigenvalue weighted by molar-refractivity contribution is -0.645. The van der Waals surface area contributed by atoms with Crippen LogP contribution in [-0.2, 0) is 24.9 Å². The minimum Gasteiger partial charge on any atom is -0.404 e. The highest BCUT2D eigenvalue weighted by molar-refractivity contribution is 7.46. The molecule has 1 heterocycles. The van der Waals surface area contributed by atoms with E-state index < -0.39 is 19.2 Å². The maximum Gasteiger partial charge on any atom is 0.524 e. The van der Waals surface area contributed by atoms with Crippen molar-refractivity contribution in [3.63, 3.8) is 0 Å². The second-order valence-electron chi connectivity index (χ2n) is 9.39. The summed E-state index contributed by atoms with van der Waals surface area (Å²) in [6.45, 7) is 0. The molecule has 0 aromatic heterocycles. The predicted molar refractivity (Wildman–Crippen MR) is 107 cm³/mol. The normalized spacial score (nSPS) is 39.4. The van der Waals surface area contributed by atoms with Gasteiger partial charge in [0.25, 0.3) is 5.79 Å². The molecule has 4 bridgehead atoms. The molecule has 160 valence electrons. The van der Waals surface area contributed by atoms with E-state index in [0.717, 1.165) is 53.9 Å². The Bertz CT molecular complexity index is 1030. The molecule has 0 amide bonds. The Labute approximate surface area is 174 Å². The Morgan fingerprint density at radius 1 is 0.933 bits per heavy atom. The maximum absolute atomic E-state index is 11.2. The summed E-state index contributed by atoms with van der Waals surface area (Å²) in [5.41, 5.74) is 0.396. The lowest BCUT2D eigenvalue weighted by Crippen LogP contribution is -2.76. The minimum atomic E-state index is -4.62. The highest BCUT2D eigenvalue weighted by Gasteiger charge is 2.76. The smallest absolute Gasteiger partial charge is 0.404 e. The molecule has 5 aliphatic rings. The zero-order valence-electron chi connectivity index (χ0n) is 16.7. The minimum absolute atomic E-state index is 0.120. The van der Waals surface area contributed by atoms with Crippen LogP contribution in [0, 0.1) is 23.7 Å². The van der Waals surface area contributed by atoms with Gasteiger partial charge in [0, 0.05) is 12.7 Å². The van der Waals surface area contributed by atoms with E-state index in [0.29, 0.717) is 11.8 Å². The van der Waals surface area contributed by atoms with Crippen LogP contribution in [-0.4, -0.2) is 22.5 Å². The van der Waals surface area contributed by atoms with Gasteiger partial charge in [-0.25, -0.2) is 9.45 Å². The Hall–Kier alpha value is -1.47. The van der Waals surface area contributed by atoms with Crippen molar-refractivity contribution in [2.45, 2.75) is 43.5 Å². The van der Waals surface area contributed by atoms with Gasteiger partial charge in [-0.15, -0.1) is 0 Å². The average molecular weight is 432 g/mol. The van der Waals surface area contributed by atoms with Gasteiger partial charge in [0.2, 0.25) is 0 Å². The molecule has 4 aliphatic carbocycles. The largest absolute Gasteiger partial charge is 0.524 e. The fourth-order valence-electron chi connectivity index (χ4n) is 6.98. The summed E-state index contributed by atoms with van der Waals surface area (Å²) in [7, 11) is -2.95. The van der Waals surface area contributed by atoms with Crippen LogP contribution in [0.2, 0.25) is 0 Å². The zero-order valence-corrected chi connectivity index (χ0v) is 17.6. The summed E-state index contributed by atoms with van der Waals surface area (Å²) >= 11 is 0. The van der Waals surface area contributed by atoms with E-state index >= 15 is 0 Å². The predicted octanol–water partition coefficient (Wildman–Crippen LogP) is 4.27. The molecule has 30 heavy (non-hydrogen) atoms. The second-order valence-corrected chi connectivity index (χ2v) is 10.6. The number of ether oxygens (including phenoxy) is 1. The molecule has 0 radical (unpaired) electrons. The van der Waals surface area contributed by atoms with Crippen LogP contribution < -0.4 is 4.52 Å². The average Bonchev–Trinajstić information content (AvgIpc) is 2.66. The van der Waals surface area contributed by atoms with Crippen molar-refractivity contribution < 1.29 is 33.4 Å². The lowest BCUT2D eigenvalue weighted by atomic mass is 9.47. The van der Waals surface area contributed by atoms with E-state index in [1.54, 1.807) is 25.3 Å². The summed E-state index contributed by atoms with van der Waals surface area (Å²) in [5.74, 6) is 1.57. The molecule has 1 saturated heterocycles. The summed E-state index contributed by atoms with van der Waals surface area (Å²) in [6.07, 6.45) is 6.00. The van der Waals surface area contributed by atoms with E-state index in [2.05, 4.69) is 0 Å². The van der Waals surface area contributed by atoms with Gasteiger partial charge in [0.1, 0.15) is 5.75 Å². The van der Waals surface area contributed by atoms with E-state index in [9.17, 15) is 4.57 Å². The molecule has 7 rings (SSSR count). The molecule has 7 nitrogen and oxygen atoms in total. The van der Waals surface area contributed by atoms with Crippen LogP contribution in [0.25, 0.3) is 10.8 Å². The van der Waals surface area contributed by atoms with E-state index in [1.807, 2.05) is 18.2 Å². The molecule has 1 unspecified atom stereocenters. The first-order valence-corrected chi connectivity index (χ1v) is 12.1. The molecule has 1 aliphatic heterocycles. The third-order valence-corrected chi connectivity index (χ3v) is 8.31. The number of hydrogen-bond donors (Lipinski definition) is 2. The fraction of sp³-hybridized carbons (Fsp3) is 0.545. The lowest BCUT2D eigenvalue weighted by Gasteiger charge is -2.68. The molecular formula is C22H25O7P. The summed E-state index contributed by atoms with van der Waals surface area (Å²) in [5, 5.41) is 1.73. The van der Waals surface area contributed by atoms with Crippen molar-refractivity contribution in [3.05, 3.63) is 42.0 Å². The van der Waals surface area contributed by atoms with Crippen LogP contribution in [0.4, 0.5) is 0 Å². The Morgan fingerprint density at radius 2 is 1.60 bits per heavy atom. The Balaban J connectivity index is 1.43. The molecule has 8 heteroatoms. The van der Waals surface area contributed by atoms with Crippen LogP contribution in [0.1, 0.15) is 37.7 Å². The first kappa shape index (κ1) is 19.2. The Kier molecular flexibility index (Phi) is 4.03. The van der Waals surface area contributed by atoms with Gasteiger partial charge in [0.15, 0.2) is 5.60 Å². The SMILES string of the molecule is COC1(c2ccc3ccc(OP(=O)(O)O)cc3c2)OOC12C1CC3CC(C1)CC2C3. The third-order valence-electron chi connectivity index (χ3n) is 7.87. The highest BCUT2D eigenvalue weighted by Crippen LogP contribution is 2.69. The number of benzene rings is 2. The molecule has 2 aromatic carbocycles. The zero-order chi connectivity index (χ0) is 20.7. The summed E-state index contributed by atoms with van der Waals surface area (Å²) < 4.78 is 22.1. The van der Waals surface area contributed by atoms with Crippen LogP contribution in [0.5, 0.6) is 5.75 Å². The van der Waals surface area contributed by atoms with Gasteiger partial charge in [-0.2, -0.15) is 4.89 Å². The highest BCUT2D eigenvalue weighted by atomic mass is 31.2. The Morgan fingerprint density at radius 3 is 2.17 bits per heavy atom. The number of phosphoric ester groups is 1. The van der Waals surface area contributed by atoms with Crippen LogP contribution in [0.15, 0.2) is 36.4 Å². The molecule has 1 atom stereocenters. The number of hydrogen-bond acceptors (Lipinski definition) is 5. The molecule has 2 N–H and O–H groups in total. The second kappa shape index (κ2) is 6.28. The van der Waals surface area contributed by atoms with Crippen molar-refractivity contribution in [1.82, 2.24) is 0 Å². The van der Waals surface area contributed by atoms with Gasteiger partial charge in [-0.1, -0.05) is 18.2 Å². The van der Waals surface area contributed by atoms with Crippen molar-refractivity contribution in [2.24, 2.45) is 23.7 Å². The van der Waals surface area contributed by atoms with Gasteiger partial charge in [-0.05, 0) is 84.7 Å². The fourth-order valence-corrected chi connectivity index (χ4v) is 7.37. The summed E-state index contributed by atoms with van der Waals surface area (Å²) in [6, 6.07) is 10.9. The molecular weight excluding hydrogens is 407 g/mol. The number of methoxy groups -OCH3 is 1. The summed E-state index contributed by atoms with van der Waals surface area (Å²) in [4.78, 5) is 30.1. The van der Waals surface area contributed by atoms with Gasteiger partial charge < -0.3 is 9.26 Å². The first-order chi connectivity index (χ1) is 14.3. The molecule has 4 saturated carbocycles. The molecule has 5 fully saturated rings. The quantitative estimate of drug-likeness (QED) is 0.550. The van der Waals surface area contributed by atoms with Gasteiger partial charge >= 0.3 is 7.82 Å². The van der Waals surface area contributed by atoms with E-state index in [1.165, 1.54) is 6.42 Å². The first-order valence-electron chi connectivity index (χ1n) is 10.5.